The van der Waals surface area contributed by atoms with Gasteiger partial charge in [0.05, 0.1) is 11.2 Å². The zero-order valence-electron chi connectivity index (χ0n) is 11.5. The maximum Gasteiger partial charge on any atom is 0.114 e. The Morgan fingerprint density at radius 1 is 1.47 bits per heavy atom. The van der Waals surface area contributed by atoms with Crippen molar-refractivity contribution in [3.8, 4) is 0 Å². The highest BCUT2D eigenvalue weighted by molar-refractivity contribution is 7.11. The summed E-state index contributed by atoms with van der Waals surface area (Å²) < 4.78 is 0. The summed E-state index contributed by atoms with van der Waals surface area (Å²) in [4.78, 5) is 6.31. The molecule has 1 aromatic heterocycles. The minimum atomic E-state index is 0.164. The third-order valence-corrected chi connectivity index (χ3v) is 5.56. The maximum absolute atomic E-state index is 4.91. The molecule has 2 atom stereocenters. The van der Waals surface area contributed by atoms with Crippen LogP contribution < -0.4 is 5.32 Å². The molecule has 1 N–H and O–H groups in total. The van der Waals surface area contributed by atoms with Crippen molar-refractivity contribution < 1.29 is 0 Å². The van der Waals surface area contributed by atoms with Gasteiger partial charge in [0, 0.05) is 4.88 Å². The quantitative estimate of drug-likeness (QED) is 0.885. The fraction of sp³-hybridized carbons (Fsp3) is 0.786. The molecule has 1 fully saturated rings. The summed E-state index contributed by atoms with van der Waals surface area (Å²) in [6.45, 7) is 6.71. The summed E-state index contributed by atoms with van der Waals surface area (Å²) in [5, 5.41) is 4.94. The minimum absolute atomic E-state index is 0.164. The zero-order chi connectivity index (χ0) is 12.5. The van der Waals surface area contributed by atoms with Crippen molar-refractivity contribution in [1.82, 2.24) is 10.3 Å². The van der Waals surface area contributed by atoms with Crippen LogP contribution >= 0.6 is 11.3 Å². The number of hydrogen-bond donors (Lipinski definition) is 1. The largest absolute Gasteiger partial charge is 0.308 e. The van der Waals surface area contributed by atoms with Crippen molar-refractivity contribution in [1.29, 1.82) is 0 Å². The van der Waals surface area contributed by atoms with Gasteiger partial charge < -0.3 is 5.32 Å². The van der Waals surface area contributed by atoms with Crippen LogP contribution in [0.3, 0.4) is 0 Å². The van der Waals surface area contributed by atoms with Crippen molar-refractivity contribution in [3.63, 3.8) is 0 Å². The van der Waals surface area contributed by atoms with Crippen molar-refractivity contribution in [2.24, 2.45) is 5.92 Å². The fourth-order valence-electron chi connectivity index (χ4n) is 3.29. The molecular formula is C14H24N2S. The predicted molar refractivity (Wildman–Crippen MR) is 74.6 cm³/mol. The monoisotopic (exact) mass is 252 g/mol. The van der Waals surface area contributed by atoms with E-state index in [0.29, 0.717) is 0 Å². The Balaban J connectivity index is 2.40. The standard InChI is InChI=1S/C14H24N2S/c1-5-11-8-7-9-14(11,15-4)13-16-12(6-2)10(3)17-13/h11,15H,5-9H2,1-4H3. The number of nitrogens with zero attached hydrogens (tertiary/aromatic N) is 1. The lowest BCUT2D eigenvalue weighted by atomic mass is 9.86. The second-order valence-electron chi connectivity index (χ2n) is 5.09. The molecular weight excluding hydrogens is 228 g/mol. The first kappa shape index (κ1) is 13.0. The van der Waals surface area contributed by atoms with Crippen LogP contribution in [-0.4, -0.2) is 12.0 Å². The van der Waals surface area contributed by atoms with E-state index in [1.165, 1.54) is 41.3 Å². The Bertz CT molecular complexity index is 386. The Morgan fingerprint density at radius 3 is 2.76 bits per heavy atom. The molecule has 1 aliphatic carbocycles. The van der Waals surface area contributed by atoms with Gasteiger partial charge in [-0.15, -0.1) is 11.3 Å². The van der Waals surface area contributed by atoms with E-state index in [0.717, 1.165) is 12.3 Å². The second-order valence-corrected chi connectivity index (χ2v) is 6.30. The van der Waals surface area contributed by atoms with Gasteiger partial charge in [-0.05, 0) is 39.2 Å². The Labute approximate surface area is 109 Å². The first-order valence-corrected chi connectivity index (χ1v) is 7.65. The van der Waals surface area contributed by atoms with Crippen LogP contribution in [0.4, 0.5) is 0 Å². The van der Waals surface area contributed by atoms with Gasteiger partial charge >= 0.3 is 0 Å². The van der Waals surface area contributed by atoms with Gasteiger partial charge in [0.25, 0.3) is 0 Å². The lowest BCUT2D eigenvalue weighted by Crippen LogP contribution is -2.43. The number of aromatic nitrogens is 1. The van der Waals surface area contributed by atoms with Crippen LogP contribution in [0.2, 0.25) is 0 Å². The molecule has 1 aromatic rings. The van der Waals surface area contributed by atoms with Crippen LogP contribution in [0.1, 0.15) is 55.1 Å². The van der Waals surface area contributed by atoms with Gasteiger partial charge in [-0.25, -0.2) is 4.98 Å². The van der Waals surface area contributed by atoms with Crippen molar-refractivity contribution in [2.75, 3.05) is 7.05 Å². The molecule has 96 valence electrons. The van der Waals surface area contributed by atoms with Crippen LogP contribution in [0, 0.1) is 12.8 Å². The van der Waals surface area contributed by atoms with E-state index in [-0.39, 0.29) is 5.54 Å². The highest BCUT2D eigenvalue weighted by Gasteiger charge is 2.44. The summed E-state index contributed by atoms with van der Waals surface area (Å²) in [5.41, 5.74) is 1.46. The molecule has 1 saturated carbocycles. The van der Waals surface area contributed by atoms with E-state index in [9.17, 15) is 0 Å². The number of aryl methyl sites for hydroxylation is 2. The first-order chi connectivity index (χ1) is 8.17. The average Bonchev–Trinajstić information content (AvgIpc) is 2.92. The molecule has 17 heavy (non-hydrogen) atoms. The molecule has 3 heteroatoms. The van der Waals surface area contributed by atoms with Gasteiger partial charge in [-0.3, -0.25) is 0 Å². The molecule has 0 amide bonds. The Morgan fingerprint density at radius 2 is 2.24 bits per heavy atom. The summed E-state index contributed by atoms with van der Waals surface area (Å²) in [5.74, 6) is 0.753. The molecule has 2 unspecified atom stereocenters. The number of thiazole rings is 1. The molecule has 0 bridgehead atoms. The van der Waals surface area contributed by atoms with E-state index in [2.05, 4.69) is 33.1 Å². The van der Waals surface area contributed by atoms with Crippen LogP contribution in [-0.2, 0) is 12.0 Å². The predicted octanol–water partition coefficient (Wildman–Crippen LogP) is 3.64. The molecule has 0 radical (unpaired) electrons. The first-order valence-electron chi connectivity index (χ1n) is 6.83. The highest BCUT2D eigenvalue weighted by atomic mass is 32.1. The molecule has 2 rings (SSSR count). The Kier molecular flexibility index (Phi) is 3.88. The van der Waals surface area contributed by atoms with Gasteiger partial charge in [-0.1, -0.05) is 26.7 Å². The molecule has 1 aliphatic rings. The molecule has 0 spiro atoms. The Hall–Kier alpha value is -0.410. The number of hydrogen-bond acceptors (Lipinski definition) is 3. The summed E-state index contributed by atoms with van der Waals surface area (Å²) in [6, 6.07) is 0. The summed E-state index contributed by atoms with van der Waals surface area (Å²) >= 11 is 1.91. The van der Waals surface area contributed by atoms with Gasteiger partial charge in [0.15, 0.2) is 0 Å². The van der Waals surface area contributed by atoms with Crippen LogP contribution in [0.25, 0.3) is 0 Å². The average molecular weight is 252 g/mol. The zero-order valence-corrected chi connectivity index (χ0v) is 12.3. The lowest BCUT2D eigenvalue weighted by molar-refractivity contribution is 0.257. The minimum Gasteiger partial charge on any atom is -0.308 e. The maximum atomic E-state index is 4.91. The van der Waals surface area contributed by atoms with E-state index in [1.54, 1.807) is 0 Å². The molecule has 0 aromatic carbocycles. The van der Waals surface area contributed by atoms with E-state index >= 15 is 0 Å². The van der Waals surface area contributed by atoms with Gasteiger partial charge in [-0.2, -0.15) is 0 Å². The third kappa shape index (κ3) is 2.04. The SMILES string of the molecule is CCc1nc(C2(NC)CCCC2CC)sc1C. The topological polar surface area (TPSA) is 24.9 Å². The summed E-state index contributed by atoms with van der Waals surface area (Å²) in [6.07, 6.45) is 6.23. The number of nitrogens with one attached hydrogen (secondary N) is 1. The van der Waals surface area contributed by atoms with Crippen molar-refractivity contribution in [3.05, 3.63) is 15.6 Å². The molecule has 0 aliphatic heterocycles. The second kappa shape index (κ2) is 5.07. The van der Waals surface area contributed by atoms with Crippen molar-refractivity contribution >= 4 is 11.3 Å². The molecule has 2 nitrogen and oxygen atoms in total. The van der Waals surface area contributed by atoms with Gasteiger partial charge in [0.2, 0.25) is 0 Å². The third-order valence-electron chi connectivity index (χ3n) is 4.37. The molecule has 1 heterocycles. The number of rotatable bonds is 4. The van der Waals surface area contributed by atoms with Crippen LogP contribution in [0.5, 0.6) is 0 Å². The van der Waals surface area contributed by atoms with E-state index in [4.69, 9.17) is 4.98 Å². The highest BCUT2D eigenvalue weighted by Crippen LogP contribution is 2.46. The molecule has 0 saturated heterocycles. The smallest absolute Gasteiger partial charge is 0.114 e. The summed E-state index contributed by atoms with van der Waals surface area (Å²) in [7, 11) is 2.11. The fourth-order valence-corrected chi connectivity index (χ4v) is 4.60. The normalized spacial score (nSPS) is 28.8. The van der Waals surface area contributed by atoms with Crippen molar-refractivity contribution in [2.45, 2.75) is 58.4 Å². The van der Waals surface area contributed by atoms with E-state index < -0.39 is 0 Å². The van der Waals surface area contributed by atoms with Gasteiger partial charge in [0.1, 0.15) is 5.01 Å². The van der Waals surface area contributed by atoms with E-state index in [1.807, 2.05) is 11.3 Å². The lowest BCUT2D eigenvalue weighted by Gasteiger charge is -2.33. The van der Waals surface area contributed by atoms with Crippen LogP contribution in [0.15, 0.2) is 0 Å².